The second kappa shape index (κ2) is 10.1. The number of benzene rings is 2. The molecule has 0 atom stereocenters. The predicted molar refractivity (Wildman–Crippen MR) is 133 cm³/mol. The molecule has 1 N–H and O–H groups in total. The summed E-state index contributed by atoms with van der Waals surface area (Å²) in [6, 6.07) is 15.0. The molecule has 3 aromatic rings. The summed E-state index contributed by atoms with van der Waals surface area (Å²) in [5.74, 6) is 0.236. The van der Waals surface area contributed by atoms with Gasteiger partial charge in [0.2, 0.25) is 0 Å². The van der Waals surface area contributed by atoms with Crippen LogP contribution in [-0.2, 0) is 0 Å². The van der Waals surface area contributed by atoms with E-state index in [4.69, 9.17) is 10.1 Å². The number of piperazine rings is 1. The van der Waals surface area contributed by atoms with E-state index >= 15 is 0 Å². The van der Waals surface area contributed by atoms with Crippen molar-refractivity contribution in [2.75, 3.05) is 33.3 Å². The number of carbonyl (C=O) groups is 2. The van der Waals surface area contributed by atoms with E-state index in [1.54, 1.807) is 36.3 Å². The normalized spacial score (nSPS) is 14.8. The smallest absolute Gasteiger partial charge is 0.328 e. The number of nitrogens with zero attached hydrogens (tertiary/aromatic N) is 3. The number of ether oxygens (including phenoxy) is 1. The fourth-order valence-electron chi connectivity index (χ4n) is 4.21. The highest BCUT2D eigenvalue weighted by Gasteiger charge is 2.25. The number of methoxy groups -OCH3 is 1. The summed E-state index contributed by atoms with van der Waals surface area (Å²) < 4.78 is 6.84. The molecule has 2 heterocycles. The van der Waals surface area contributed by atoms with Gasteiger partial charge in [0.1, 0.15) is 5.75 Å². The number of amides is 1. The molecule has 0 bridgehead atoms. The quantitative estimate of drug-likeness (QED) is 0.463. The van der Waals surface area contributed by atoms with E-state index < -0.39 is 0 Å². The van der Waals surface area contributed by atoms with Crippen molar-refractivity contribution in [2.45, 2.75) is 19.9 Å². The minimum atomic E-state index is -0.329. The minimum Gasteiger partial charge on any atom is -0.497 e. The van der Waals surface area contributed by atoms with Gasteiger partial charge in [0.05, 0.1) is 23.5 Å². The topological polar surface area (TPSA) is 78.6 Å². The highest BCUT2D eigenvalue weighted by atomic mass is 16.5. The van der Waals surface area contributed by atoms with Crippen molar-refractivity contribution in [1.29, 1.82) is 5.41 Å². The van der Waals surface area contributed by atoms with Crippen LogP contribution in [0.1, 0.15) is 29.8 Å². The molecule has 1 saturated heterocycles. The van der Waals surface area contributed by atoms with Crippen LogP contribution >= 0.6 is 0 Å². The van der Waals surface area contributed by atoms with Crippen molar-refractivity contribution in [1.82, 2.24) is 14.4 Å². The van der Waals surface area contributed by atoms with Gasteiger partial charge in [0.25, 0.3) is 0 Å². The maximum absolute atomic E-state index is 13.6. The summed E-state index contributed by atoms with van der Waals surface area (Å²) in [5, 5.41) is 9.29. The number of aromatic nitrogens is 1. The number of nitrogens with one attached hydrogen (secondary N) is 1. The van der Waals surface area contributed by atoms with Crippen LogP contribution < -0.4 is 10.1 Å². The van der Waals surface area contributed by atoms with Crippen molar-refractivity contribution >= 4 is 28.8 Å². The molecule has 2 aromatic carbocycles. The molecule has 0 radical (unpaired) electrons. The number of hydrogen-bond donors (Lipinski definition) is 1. The zero-order chi connectivity index (χ0) is 24.2. The molecule has 1 amide bonds. The number of carbonyl (C=O) groups excluding carboxylic acids is 2. The summed E-state index contributed by atoms with van der Waals surface area (Å²) in [6.45, 7) is 7.14. The Balaban J connectivity index is 1.74. The van der Waals surface area contributed by atoms with Crippen molar-refractivity contribution in [3.8, 4) is 5.75 Å². The van der Waals surface area contributed by atoms with Gasteiger partial charge in [-0.25, -0.2) is 4.79 Å². The highest BCUT2D eigenvalue weighted by molar-refractivity contribution is 6.08. The van der Waals surface area contributed by atoms with Crippen molar-refractivity contribution in [3.05, 3.63) is 77.3 Å². The van der Waals surface area contributed by atoms with Crippen LogP contribution in [0.5, 0.6) is 5.75 Å². The summed E-state index contributed by atoms with van der Waals surface area (Å²) in [5.41, 5.74) is 1.63. The SMILES string of the molecule is COc1ccc2c(c1)c(=N)c(C(=O)/C=C\c1ccccc1)cn2C(=O)N1CCN(C(C)C)CC1. The molecule has 0 aliphatic carbocycles. The van der Waals surface area contributed by atoms with E-state index in [1.807, 2.05) is 30.3 Å². The van der Waals surface area contributed by atoms with Crippen LogP contribution in [-0.4, -0.2) is 65.5 Å². The van der Waals surface area contributed by atoms with Crippen LogP contribution in [0.4, 0.5) is 4.79 Å². The lowest BCUT2D eigenvalue weighted by molar-refractivity contribution is 0.104. The summed E-state index contributed by atoms with van der Waals surface area (Å²) in [4.78, 5) is 30.8. The lowest BCUT2D eigenvalue weighted by Gasteiger charge is -2.37. The molecular formula is C27H30N4O3. The second-order valence-electron chi connectivity index (χ2n) is 8.68. The third-order valence-electron chi connectivity index (χ3n) is 6.27. The zero-order valence-corrected chi connectivity index (χ0v) is 19.8. The fourth-order valence-corrected chi connectivity index (χ4v) is 4.21. The van der Waals surface area contributed by atoms with Gasteiger partial charge in [-0.1, -0.05) is 36.4 Å². The fraction of sp³-hybridized carbons (Fsp3) is 0.296. The molecule has 0 unspecified atom stereocenters. The first kappa shape index (κ1) is 23.4. The number of ketones is 1. The largest absolute Gasteiger partial charge is 0.497 e. The average molecular weight is 459 g/mol. The Morgan fingerprint density at radius 1 is 1.03 bits per heavy atom. The third kappa shape index (κ3) is 4.79. The van der Waals surface area contributed by atoms with Crippen LogP contribution in [0.2, 0.25) is 0 Å². The van der Waals surface area contributed by atoms with Gasteiger partial charge in [-0.2, -0.15) is 0 Å². The molecule has 7 nitrogen and oxygen atoms in total. The molecule has 1 aromatic heterocycles. The van der Waals surface area contributed by atoms with Gasteiger partial charge >= 0.3 is 6.03 Å². The molecule has 0 saturated carbocycles. The van der Waals surface area contributed by atoms with E-state index in [9.17, 15) is 9.59 Å². The maximum atomic E-state index is 13.6. The Kier molecular flexibility index (Phi) is 6.93. The van der Waals surface area contributed by atoms with Crippen molar-refractivity contribution in [3.63, 3.8) is 0 Å². The van der Waals surface area contributed by atoms with Crippen molar-refractivity contribution < 1.29 is 14.3 Å². The first-order valence-electron chi connectivity index (χ1n) is 11.5. The Morgan fingerprint density at radius 3 is 2.38 bits per heavy atom. The molecule has 1 aliphatic rings. The Bertz CT molecular complexity index is 1290. The van der Waals surface area contributed by atoms with Crippen LogP contribution in [0, 0.1) is 5.41 Å². The summed E-state index contributed by atoms with van der Waals surface area (Å²) in [7, 11) is 1.55. The molecular weight excluding hydrogens is 428 g/mol. The molecule has 34 heavy (non-hydrogen) atoms. The van der Waals surface area contributed by atoms with Crippen molar-refractivity contribution in [2.24, 2.45) is 0 Å². The third-order valence-corrected chi connectivity index (χ3v) is 6.27. The Labute approximate surface area is 199 Å². The summed E-state index contributed by atoms with van der Waals surface area (Å²) >= 11 is 0. The van der Waals surface area contributed by atoms with Gasteiger partial charge < -0.3 is 9.64 Å². The minimum absolute atomic E-state index is 0.0743. The van der Waals surface area contributed by atoms with Gasteiger partial charge in [0.15, 0.2) is 5.78 Å². The second-order valence-corrected chi connectivity index (χ2v) is 8.68. The number of rotatable bonds is 5. The number of hydrogen-bond acceptors (Lipinski definition) is 5. The van der Waals surface area contributed by atoms with Gasteiger partial charge in [-0.3, -0.25) is 19.7 Å². The highest BCUT2D eigenvalue weighted by Crippen LogP contribution is 2.21. The van der Waals surface area contributed by atoms with Gasteiger partial charge in [0, 0.05) is 43.8 Å². The van der Waals surface area contributed by atoms with Gasteiger partial charge in [-0.15, -0.1) is 0 Å². The average Bonchev–Trinajstić information content (AvgIpc) is 2.87. The lowest BCUT2D eigenvalue weighted by Crippen LogP contribution is -2.51. The zero-order valence-electron chi connectivity index (χ0n) is 19.8. The maximum Gasteiger partial charge on any atom is 0.328 e. The van der Waals surface area contributed by atoms with E-state index in [2.05, 4.69) is 18.7 Å². The lowest BCUT2D eigenvalue weighted by atomic mass is 10.1. The first-order chi connectivity index (χ1) is 16.4. The van der Waals surface area contributed by atoms with Crippen LogP contribution in [0.25, 0.3) is 17.0 Å². The van der Waals surface area contributed by atoms with E-state index in [-0.39, 0.29) is 22.7 Å². The van der Waals surface area contributed by atoms with Gasteiger partial charge in [-0.05, 0) is 43.7 Å². The van der Waals surface area contributed by atoms with E-state index in [0.29, 0.717) is 35.8 Å². The Hall–Kier alpha value is -3.71. The predicted octanol–water partition coefficient (Wildman–Crippen LogP) is 4.02. The van der Waals surface area contributed by atoms with E-state index in [1.165, 1.54) is 16.8 Å². The molecule has 176 valence electrons. The molecule has 7 heteroatoms. The van der Waals surface area contributed by atoms with Crippen LogP contribution in [0.3, 0.4) is 0 Å². The molecule has 1 aliphatic heterocycles. The number of pyridine rings is 1. The van der Waals surface area contributed by atoms with E-state index in [0.717, 1.165) is 18.7 Å². The molecule has 1 fully saturated rings. The monoisotopic (exact) mass is 458 g/mol. The standard InChI is InChI=1S/C27H30N4O3/c1-19(2)29-13-15-30(16-14-29)27(33)31-18-23(25(32)12-9-20-7-5-4-6-8-20)26(28)22-17-21(34-3)10-11-24(22)31/h4-12,17-19,28H,13-16H2,1-3H3/b12-9-,28-26?. The molecule has 0 spiro atoms. The number of fused-ring (bicyclic) bond motifs is 1. The summed E-state index contributed by atoms with van der Waals surface area (Å²) in [6.07, 6.45) is 4.67. The number of allylic oxidation sites excluding steroid dienone is 1. The van der Waals surface area contributed by atoms with Crippen LogP contribution in [0.15, 0.2) is 60.8 Å². The Morgan fingerprint density at radius 2 is 1.74 bits per heavy atom. The first-order valence-corrected chi connectivity index (χ1v) is 11.5. The molecule has 4 rings (SSSR count).